The summed E-state index contributed by atoms with van der Waals surface area (Å²) in [6, 6.07) is 16.4. The van der Waals surface area contributed by atoms with Gasteiger partial charge in [-0.2, -0.15) is 5.10 Å². The van der Waals surface area contributed by atoms with Crippen LogP contribution in [-0.4, -0.2) is 17.2 Å². The summed E-state index contributed by atoms with van der Waals surface area (Å²) in [4.78, 5) is 11.1. The Morgan fingerprint density at radius 2 is 1.09 bits per heavy atom. The van der Waals surface area contributed by atoms with Crippen LogP contribution in [0.2, 0.25) is 0 Å². The van der Waals surface area contributed by atoms with Crippen LogP contribution >= 0.6 is 0 Å². The van der Waals surface area contributed by atoms with Crippen LogP contribution < -0.4 is 0 Å². The van der Waals surface area contributed by atoms with E-state index in [0.29, 0.717) is 5.71 Å². The Morgan fingerprint density at radius 1 is 0.591 bits per heavy atom. The number of allylic oxidation sites excluding steroid dienone is 4. The monoisotopic (exact) mass is 284 g/mol. The van der Waals surface area contributed by atoms with Gasteiger partial charge >= 0.3 is 0 Å². The van der Waals surface area contributed by atoms with Crippen molar-refractivity contribution in [3.05, 3.63) is 84.0 Å². The zero-order chi connectivity index (χ0) is 14.9. The van der Waals surface area contributed by atoms with Crippen molar-refractivity contribution in [1.29, 1.82) is 0 Å². The predicted octanol–water partition coefficient (Wildman–Crippen LogP) is 3.56. The minimum Gasteiger partial charge on any atom is -0.290 e. The van der Waals surface area contributed by atoms with Gasteiger partial charge in [-0.25, -0.2) is 0 Å². The number of carbonyl (C=O) groups excluding carboxylic acids is 1. The zero-order valence-electron chi connectivity index (χ0n) is 11.7. The molecule has 22 heavy (non-hydrogen) atoms. The highest BCUT2D eigenvalue weighted by Crippen LogP contribution is 2.36. The molecule has 0 fully saturated rings. The van der Waals surface area contributed by atoms with Gasteiger partial charge in [-0.1, -0.05) is 48.5 Å². The lowest BCUT2D eigenvalue weighted by molar-refractivity contribution is -0.110. The number of benzene rings is 2. The minimum atomic E-state index is -0.0249. The van der Waals surface area contributed by atoms with Gasteiger partial charge in [-0.15, -0.1) is 5.10 Å². The summed E-state index contributed by atoms with van der Waals surface area (Å²) in [7, 11) is 0. The van der Waals surface area contributed by atoms with E-state index < -0.39 is 0 Å². The third-order valence-corrected chi connectivity index (χ3v) is 3.76. The number of hydrogen-bond donors (Lipinski definition) is 0. The van der Waals surface area contributed by atoms with E-state index in [1.807, 2.05) is 24.3 Å². The molecule has 0 aliphatic heterocycles. The lowest BCUT2D eigenvalue weighted by atomic mass is 10.1. The van der Waals surface area contributed by atoms with Crippen LogP contribution in [0, 0.1) is 0 Å². The summed E-state index contributed by atoms with van der Waals surface area (Å²) < 4.78 is 0. The van der Waals surface area contributed by atoms with E-state index in [9.17, 15) is 4.79 Å². The fraction of sp³-hybridized carbons (Fsp3) is 0. The SMILES string of the molecule is O=C1C=CC(=NN=C2c3ccccc3-c3ccccc32)C=C1. The van der Waals surface area contributed by atoms with Gasteiger partial charge < -0.3 is 0 Å². The van der Waals surface area contributed by atoms with Crippen LogP contribution in [-0.2, 0) is 4.79 Å². The molecular weight excluding hydrogens is 272 g/mol. The van der Waals surface area contributed by atoms with Crippen LogP contribution in [0.4, 0.5) is 0 Å². The van der Waals surface area contributed by atoms with Gasteiger partial charge in [-0.3, -0.25) is 4.79 Å². The molecule has 0 heterocycles. The van der Waals surface area contributed by atoms with Crippen LogP contribution in [0.25, 0.3) is 11.1 Å². The lowest BCUT2D eigenvalue weighted by Crippen LogP contribution is -2.01. The molecule has 0 amide bonds. The molecule has 4 rings (SSSR count). The van der Waals surface area contributed by atoms with E-state index in [2.05, 4.69) is 34.5 Å². The Morgan fingerprint density at radius 3 is 1.64 bits per heavy atom. The summed E-state index contributed by atoms with van der Waals surface area (Å²) in [5.41, 5.74) is 6.09. The number of fused-ring (bicyclic) bond motifs is 3. The number of rotatable bonds is 1. The Labute approximate surface area is 128 Å². The third-order valence-electron chi connectivity index (χ3n) is 3.76. The number of carbonyl (C=O) groups is 1. The summed E-state index contributed by atoms with van der Waals surface area (Å²) in [5.74, 6) is -0.0249. The first-order valence-corrected chi connectivity index (χ1v) is 7.08. The quantitative estimate of drug-likeness (QED) is 0.497. The highest BCUT2D eigenvalue weighted by Gasteiger charge is 2.23. The van der Waals surface area contributed by atoms with Crippen molar-refractivity contribution >= 4 is 17.2 Å². The van der Waals surface area contributed by atoms with Crippen molar-refractivity contribution in [2.45, 2.75) is 0 Å². The zero-order valence-corrected chi connectivity index (χ0v) is 11.7. The number of nitrogens with zero attached hydrogens (tertiary/aromatic N) is 2. The highest BCUT2D eigenvalue weighted by molar-refractivity contribution is 6.24. The van der Waals surface area contributed by atoms with Gasteiger partial charge in [-0.05, 0) is 35.4 Å². The Hall–Kier alpha value is -3.07. The molecule has 104 valence electrons. The predicted molar refractivity (Wildman–Crippen MR) is 88.2 cm³/mol. The largest absolute Gasteiger partial charge is 0.290 e. The van der Waals surface area contributed by atoms with Crippen molar-refractivity contribution in [3.63, 3.8) is 0 Å². The summed E-state index contributed by atoms with van der Waals surface area (Å²) >= 11 is 0. The highest BCUT2D eigenvalue weighted by atomic mass is 16.1. The standard InChI is InChI=1S/C19H12N2O/c22-14-11-9-13(10-12-14)20-21-19-17-7-3-1-5-15(17)16-6-2-4-8-18(16)19/h1-12H. The van der Waals surface area contributed by atoms with Crippen LogP contribution in [0.15, 0.2) is 83.0 Å². The van der Waals surface area contributed by atoms with Crippen molar-refractivity contribution in [3.8, 4) is 11.1 Å². The van der Waals surface area contributed by atoms with Gasteiger partial charge in [0.1, 0.15) is 5.71 Å². The molecule has 2 aliphatic carbocycles. The lowest BCUT2D eigenvalue weighted by Gasteiger charge is -2.00. The maximum Gasteiger partial charge on any atom is 0.178 e. The van der Waals surface area contributed by atoms with Crippen LogP contribution in [0.5, 0.6) is 0 Å². The average molecular weight is 284 g/mol. The molecule has 0 radical (unpaired) electrons. The first-order valence-electron chi connectivity index (χ1n) is 7.08. The topological polar surface area (TPSA) is 41.8 Å². The fourth-order valence-corrected chi connectivity index (χ4v) is 2.72. The Kier molecular flexibility index (Phi) is 2.90. The molecule has 0 N–H and O–H groups in total. The molecule has 2 aromatic rings. The van der Waals surface area contributed by atoms with E-state index in [0.717, 1.165) is 16.8 Å². The molecule has 3 heteroatoms. The van der Waals surface area contributed by atoms with Crippen LogP contribution in [0.3, 0.4) is 0 Å². The first kappa shape index (κ1) is 12.7. The Bertz CT molecular complexity index is 836. The van der Waals surface area contributed by atoms with E-state index >= 15 is 0 Å². The molecule has 0 saturated heterocycles. The molecule has 0 bridgehead atoms. The second-order valence-electron chi connectivity index (χ2n) is 5.13. The van der Waals surface area contributed by atoms with E-state index in [1.54, 1.807) is 12.2 Å². The number of ketones is 1. The Balaban J connectivity index is 1.84. The fourth-order valence-electron chi connectivity index (χ4n) is 2.72. The minimum absolute atomic E-state index is 0.0249. The molecule has 0 unspecified atom stereocenters. The molecular formula is C19H12N2O. The maximum atomic E-state index is 11.1. The molecule has 0 atom stereocenters. The summed E-state index contributed by atoms with van der Waals surface area (Å²) in [6.45, 7) is 0. The second-order valence-corrected chi connectivity index (χ2v) is 5.13. The van der Waals surface area contributed by atoms with Gasteiger partial charge in [0.25, 0.3) is 0 Å². The number of hydrogen-bond acceptors (Lipinski definition) is 3. The second kappa shape index (κ2) is 5.04. The normalized spacial score (nSPS) is 14.8. The molecule has 2 aliphatic rings. The molecule has 3 nitrogen and oxygen atoms in total. The van der Waals surface area contributed by atoms with E-state index in [-0.39, 0.29) is 5.78 Å². The van der Waals surface area contributed by atoms with E-state index in [1.165, 1.54) is 23.3 Å². The third kappa shape index (κ3) is 2.04. The summed E-state index contributed by atoms with van der Waals surface area (Å²) in [6.07, 6.45) is 6.35. The van der Waals surface area contributed by atoms with Crippen molar-refractivity contribution in [2.24, 2.45) is 10.2 Å². The van der Waals surface area contributed by atoms with Crippen LogP contribution in [0.1, 0.15) is 11.1 Å². The van der Waals surface area contributed by atoms with Gasteiger partial charge in [0.05, 0.1) is 5.71 Å². The maximum absolute atomic E-state index is 11.1. The molecule has 0 aromatic heterocycles. The van der Waals surface area contributed by atoms with Crippen molar-refractivity contribution < 1.29 is 4.79 Å². The average Bonchev–Trinajstić information content (AvgIpc) is 2.89. The first-order chi connectivity index (χ1) is 10.8. The molecule has 0 saturated carbocycles. The smallest absolute Gasteiger partial charge is 0.178 e. The van der Waals surface area contributed by atoms with Crippen molar-refractivity contribution in [2.75, 3.05) is 0 Å². The van der Waals surface area contributed by atoms with E-state index in [4.69, 9.17) is 0 Å². The van der Waals surface area contributed by atoms with Gasteiger partial charge in [0, 0.05) is 11.1 Å². The molecule has 0 spiro atoms. The van der Waals surface area contributed by atoms with Crippen molar-refractivity contribution in [1.82, 2.24) is 0 Å². The molecule has 2 aromatic carbocycles. The van der Waals surface area contributed by atoms with Gasteiger partial charge in [0.15, 0.2) is 5.78 Å². The summed E-state index contributed by atoms with van der Waals surface area (Å²) in [5, 5.41) is 8.72. The van der Waals surface area contributed by atoms with Gasteiger partial charge in [0.2, 0.25) is 0 Å².